The average Bonchev–Trinajstić information content (AvgIpc) is 2.55. The van der Waals surface area contributed by atoms with E-state index in [9.17, 15) is 5.11 Å². The molecule has 2 atom stereocenters. The molecule has 1 heterocycles. The van der Waals surface area contributed by atoms with Crippen molar-refractivity contribution in [1.29, 1.82) is 0 Å². The Bertz CT molecular complexity index is 374. The summed E-state index contributed by atoms with van der Waals surface area (Å²) in [7, 11) is 0. The summed E-state index contributed by atoms with van der Waals surface area (Å²) in [6.45, 7) is 11.0. The lowest BCUT2D eigenvalue weighted by atomic mass is 9.90. The van der Waals surface area contributed by atoms with E-state index in [0.717, 1.165) is 17.9 Å². The van der Waals surface area contributed by atoms with Gasteiger partial charge in [0, 0.05) is 13.0 Å². The monoisotopic (exact) mass is 258 g/mol. The van der Waals surface area contributed by atoms with Crippen LogP contribution >= 0.6 is 11.6 Å². The van der Waals surface area contributed by atoms with Crippen LogP contribution in [0, 0.1) is 18.8 Å². The minimum Gasteiger partial charge on any atom is -0.392 e. The van der Waals surface area contributed by atoms with Crippen LogP contribution in [-0.4, -0.2) is 21.0 Å². The maximum absolute atomic E-state index is 10.2. The molecule has 1 aromatic heterocycles. The lowest BCUT2D eigenvalue weighted by Gasteiger charge is -2.22. The maximum atomic E-state index is 10.2. The van der Waals surface area contributed by atoms with Crippen LogP contribution in [0.5, 0.6) is 0 Å². The van der Waals surface area contributed by atoms with E-state index in [2.05, 4.69) is 25.9 Å². The second-order valence-corrected chi connectivity index (χ2v) is 5.41. The van der Waals surface area contributed by atoms with Gasteiger partial charge in [-0.2, -0.15) is 5.10 Å². The number of aliphatic hydroxyl groups excluding tert-OH is 1. The molecule has 98 valence electrons. The molecular formula is C13H23ClN2O. The number of rotatable bonds is 5. The van der Waals surface area contributed by atoms with Crippen LogP contribution in [0.1, 0.15) is 39.1 Å². The van der Waals surface area contributed by atoms with Gasteiger partial charge in [-0.25, -0.2) is 0 Å². The summed E-state index contributed by atoms with van der Waals surface area (Å²) < 4.78 is 1.88. The number of hydrogen-bond acceptors (Lipinski definition) is 2. The van der Waals surface area contributed by atoms with Gasteiger partial charge >= 0.3 is 0 Å². The van der Waals surface area contributed by atoms with E-state index in [4.69, 9.17) is 11.6 Å². The Hall–Kier alpha value is -0.540. The second-order valence-electron chi connectivity index (χ2n) is 5.04. The summed E-state index contributed by atoms with van der Waals surface area (Å²) in [5, 5.41) is 15.3. The van der Waals surface area contributed by atoms with Gasteiger partial charge in [0.2, 0.25) is 0 Å². The molecule has 0 fully saturated rings. The highest BCUT2D eigenvalue weighted by molar-refractivity contribution is 6.31. The highest BCUT2D eigenvalue weighted by Gasteiger charge is 2.22. The zero-order valence-electron chi connectivity index (χ0n) is 11.4. The van der Waals surface area contributed by atoms with Gasteiger partial charge in [-0.15, -0.1) is 0 Å². The number of aliphatic hydroxyl groups is 1. The van der Waals surface area contributed by atoms with Gasteiger partial charge in [0.1, 0.15) is 0 Å². The molecule has 0 aliphatic carbocycles. The zero-order chi connectivity index (χ0) is 13.2. The Morgan fingerprint density at radius 3 is 2.41 bits per heavy atom. The van der Waals surface area contributed by atoms with E-state index in [1.54, 1.807) is 0 Å². The lowest BCUT2D eigenvalue weighted by molar-refractivity contribution is 0.0902. The first-order valence-corrected chi connectivity index (χ1v) is 6.66. The molecule has 0 spiro atoms. The fourth-order valence-electron chi connectivity index (χ4n) is 1.89. The van der Waals surface area contributed by atoms with Crippen molar-refractivity contribution in [1.82, 2.24) is 9.78 Å². The molecule has 0 aliphatic heterocycles. The molecule has 0 bridgehead atoms. The average molecular weight is 259 g/mol. The molecule has 1 rings (SSSR count). The van der Waals surface area contributed by atoms with Crippen LogP contribution in [0.4, 0.5) is 0 Å². The van der Waals surface area contributed by atoms with Crippen molar-refractivity contribution in [2.75, 3.05) is 0 Å². The summed E-state index contributed by atoms with van der Waals surface area (Å²) in [4.78, 5) is 0. The van der Waals surface area contributed by atoms with Crippen LogP contribution in [0.25, 0.3) is 0 Å². The highest BCUT2D eigenvalue weighted by atomic mass is 35.5. The molecule has 0 amide bonds. The van der Waals surface area contributed by atoms with Crippen molar-refractivity contribution in [3.05, 3.63) is 16.4 Å². The highest BCUT2D eigenvalue weighted by Crippen LogP contribution is 2.25. The third kappa shape index (κ3) is 3.23. The van der Waals surface area contributed by atoms with Gasteiger partial charge in [0.05, 0.1) is 22.5 Å². The first kappa shape index (κ1) is 14.5. The van der Waals surface area contributed by atoms with E-state index in [1.165, 1.54) is 0 Å². The van der Waals surface area contributed by atoms with Crippen molar-refractivity contribution < 1.29 is 5.11 Å². The van der Waals surface area contributed by atoms with E-state index < -0.39 is 0 Å². The molecule has 0 radical (unpaired) electrons. The van der Waals surface area contributed by atoms with E-state index >= 15 is 0 Å². The molecule has 0 aromatic carbocycles. The molecule has 3 nitrogen and oxygen atoms in total. The molecule has 17 heavy (non-hydrogen) atoms. The summed E-state index contributed by atoms with van der Waals surface area (Å²) in [6, 6.07) is 0. The Morgan fingerprint density at radius 1 is 1.35 bits per heavy atom. The third-order valence-electron chi connectivity index (χ3n) is 3.51. The fraction of sp³-hybridized carbons (Fsp3) is 0.769. The van der Waals surface area contributed by atoms with Gasteiger partial charge in [-0.1, -0.05) is 32.4 Å². The smallest absolute Gasteiger partial charge is 0.0848 e. The van der Waals surface area contributed by atoms with E-state index in [0.29, 0.717) is 17.4 Å². The van der Waals surface area contributed by atoms with Crippen LogP contribution in [0.3, 0.4) is 0 Å². The molecule has 0 saturated heterocycles. The van der Waals surface area contributed by atoms with Gasteiger partial charge < -0.3 is 5.11 Å². The fourth-order valence-corrected chi connectivity index (χ4v) is 2.10. The molecule has 2 unspecified atom stereocenters. The first-order chi connectivity index (χ1) is 7.88. The van der Waals surface area contributed by atoms with Gasteiger partial charge in [-0.05, 0) is 25.7 Å². The number of nitrogens with zero attached hydrogens (tertiary/aromatic N) is 2. The van der Waals surface area contributed by atoms with Crippen molar-refractivity contribution in [2.45, 2.75) is 53.7 Å². The van der Waals surface area contributed by atoms with Crippen molar-refractivity contribution >= 4 is 11.6 Å². The quantitative estimate of drug-likeness (QED) is 0.882. The predicted molar refractivity (Wildman–Crippen MR) is 71.4 cm³/mol. The summed E-state index contributed by atoms with van der Waals surface area (Å²) in [5.74, 6) is 0.717. The number of halogens is 1. The SMILES string of the molecule is CCn1nc(C)c(Cl)c1CC(O)C(C)C(C)C. The number of aromatic nitrogens is 2. The molecule has 0 saturated carbocycles. The van der Waals surface area contributed by atoms with Crippen molar-refractivity contribution in [2.24, 2.45) is 11.8 Å². The Balaban J connectivity index is 2.87. The maximum Gasteiger partial charge on any atom is 0.0848 e. The summed E-state index contributed by atoms with van der Waals surface area (Å²) >= 11 is 6.23. The summed E-state index contributed by atoms with van der Waals surface area (Å²) in [6.07, 6.45) is 0.209. The van der Waals surface area contributed by atoms with Crippen LogP contribution in [-0.2, 0) is 13.0 Å². The molecule has 0 aliphatic rings. The molecule has 1 aromatic rings. The number of aryl methyl sites for hydroxylation is 2. The van der Waals surface area contributed by atoms with Crippen LogP contribution in [0.2, 0.25) is 5.02 Å². The lowest BCUT2D eigenvalue weighted by Crippen LogP contribution is -2.26. The van der Waals surface area contributed by atoms with Gasteiger partial charge in [0.15, 0.2) is 0 Å². The molecular weight excluding hydrogens is 236 g/mol. The Labute approximate surface area is 109 Å². The summed E-state index contributed by atoms with van der Waals surface area (Å²) in [5.41, 5.74) is 1.79. The van der Waals surface area contributed by atoms with Gasteiger partial charge in [0.25, 0.3) is 0 Å². The minimum atomic E-state index is -0.367. The van der Waals surface area contributed by atoms with Crippen molar-refractivity contribution in [3.63, 3.8) is 0 Å². The molecule has 4 heteroatoms. The first-order valence-electron chi connectivity index (χ1n) is 6.28. The van der Waals surface area contributed by atoms with Gasteiger partial charge in [-0.3, -0.25) is 4.68 Å². The van der Waals surface area contributed by atoms with Crippen molar-refractivity contribution in [3.8, 4) is 0 Å². The van der Waals surface area contributed by atoms with E-state index in [-0.39, 0.29) is 12.0 Å². The Morgan fingerprint density at radius 2 is 1.94 bits per heavy atom. The van der Waals surface area contributed by atoms with Crippen LogP contribution in [0.15, 0.2) is 0 Å². The second kappa shape index (κ2) is 5.87. The minimum absolute atomic E-state index is 0.256. The van der Waals surface area contributed by atoms with Crippen LogP contribution < -0.4 is 0 Å². The normalized spacial score (nSPS) is 15.3. The predicted octanol–water partition coefficient (Wildman–Crippen LogP) is 3.06. The zero-order valence-corrected chi connectivity index (χ0v) is 12.1. The molecule has 1 N–H and O–H groups in total. The van der Waals surface area contributed by atoms with E-state index in [1.807, 2.05) is 18.5 Å². The topological polar surface area (TPSA) is 38.0 Å². The standard InChI is InChI=1S/C13H23ClN2O/c1-6-16-11(13(14)10(5)15-16)7-12(17)9(4)8(2)3/h8-9,12,17H,6-7H2,1-5H3. The largest absolute Gasteiger partial charge is 0.392 e. The number of hydrogen-bond donors (Lipinski definition) is 1. The third-order valence-corrected chi connectivity index (χ3v) is 4.01. The Kier molecular flexibility index (Phi) is 5.02.